The Morgan fingerprint density at radius 1 is 0.976 bits per heavy atom. The lowest BCUT2D eigenvalue weighted by molar-refractivity contribution is 0.0980. The smallest absolute Gasteiger partial charge is 0.404 e. The summed E-state index contributed by atoms with van der Waals surface area (Å²) in [7, 11) is -4.04. The van der Waals surface area contributed by atoms with Crippen LogP contribution in [0.4, 0.5) is 4.79 Å². The van der Waals surface area contributed by atoms with Crippen molar-refractivity contribution in [1.82, 2.24) is 9.62 Å². The largest absolute Gasteiger partial charge is 0.493 e. The Bertz CT molecular complexity index is 1400. The highest BCUT2D eigenvalue weighted by atomic mass is 32.2. The highest BCUT2D eigenvalue weighted by Crippen LogP contribution is 2.35. The fourth-order valence-electron chi connectivity index (χ4n) is 4.55. The van der Waals surface area contributed by atoms with E-state index in [1.165, 1.54) is 28.1 Å². The molecule has 0 fully saturated rings. The molecule has 41 heavy (non-hydrogen) atoms. The minimum absolute atomic E-state index is 0.000182. The molecule has 3 N–H and O–H groups in total. The van der Waals surface area contributed by atoms with Gasteiger partial charge in [-0.05, 0) is 47.7 Å². The maximum Gasteiger partial charge on any atom is 0.404 e. The van der Waals surface area contributed by atoms with Gasteiger partial charge >= 0.3 is 6.09 Å². The number of nitrogens with zero attached hydrogens (tertiary/aromatic N) is 1. The van der Waals surface area contributed by atoms with Crippen molar-refractivity contribution in [3.63, 3.8) is 0 Å². The van der Waals surface area contributed by atoms with Gasteiger partial charge in [0.1, 0.15) is 5.75 Å². The van der Waals surface area contributed by atoms with E-state index in [0.29, 0.717) is 23.9 Å². The first-order valence-electron chi connectivity index (χ1n) is 13.4. The van der Waals surface area contributed by atoms with Gasteiger partial charge in [0.2, 0.25) is 16.8 Å². The van der Waals surface area contributed by atoms with Crippen molar-refractivity contribution in [2.24, 2.45) is 5.92 Å². The molecule has 2 atom stereocenters. The van der Waals surface area contributed by atoms with Crippen LogP contribution in [-0.4, -0.2) is 67.7 Å². The molecule has 1 aliphatic heterocycles. The average Bonchev–Trinajstić information content (AvgIpc) is 3.41. The summed E-state index contributed by atoms with van der Waals surface area (Å²) in [5.41, 5.74) is 1.93. The predicted octanol–water partition coefficient (Wildman–Crippen LogP) is 3.92. The van der Waals surface area contributed by atoms with E-state index in [0.717, 1.165) is 12.0 Å². The number of aliphatic hydroxyl groups excluding tert-OH is 1. The normalized spacial score (nSPS) is 14.2. The lowest BCUT2D eigenvalue weighted by atomic mass is 10.0. The van der Waals surface area contributed by atoms with Crippen molar-refractivity contribution in [2.75, 3.05) is 26.5 Å². The number of hydrogen-bond donors (Lipinski definition) is 3. The average molecular weight is 585 g/mol. The molecular weight excluding hydrogens is 548 g/mol. The third-order valence-electron chi connectivity index (χ3n) is 6.60. The van der Waals surface area contributed by atoms with Gasteiger partial charge in [-0.2, -0.15) is 4.31 Å². The van der Waals surface area contributed by atoms with Crippen molar-refractivity contribution < 1.29 is 37.6 Å². The Balaban J connectivity index is 1.43. The topological polar surface area (TPSA) is 135 Å². The van der Waals surface area contributed by atoms with Gasteiger partial charge in [-0.15, -0.1) is 0 Å². The van der Waals surface area contributed by atoms with Crippen LogP contribution in [0.3, 0.4) is 0 Å². The summed E-state index contributed by atoms with van der Waals surface area (Å²) in [5, 5.41) is 23.0. The molecule has 1 aliphatic rings. The number of carbonyl (C=O) groups is 1. The van der Waals surface area contributed by atoms with E-state index >= 15 is 0 Å². The van der Waals surface area contributed by atoms with Crippen LogP contribution in [0.5, 0.6) is 17.2 Å². The zero-order chi connectivity index (χ0) is 29.4. The van der Waals surface area contributed by atoms with Crippen LogP contribution in [0.15, 0.2) is 77.7 Å². The van der Waals surface area contributed by atoms with Gasteiger partial charge in [-0.25, -0.2) is 13.2 Å². The molecular formula is C30H36N2O8S. The maximum absolute atomic E-state index is 13.6. The molecule has 0 spiro atoms. The van der Waals surface area contributed by atoms with E-state index in [2.05, 4.69) is 5.32 Å². The Labute approximate surface area is 240 Å². The van der Waals surface area contributed by atoms with Gasteiger partial charge in [-0.3, -0.25) is 0 Å². The second-order valence-corrected chi connectivity index (χ2v) is 12.2. The molecule has 3 aromatic carbocycles. The molecule has 0 saturated heterocycles. The first-order chi connectivity index (χ1) is 19.6. The maximum atomic E-state index is 13.6. The first-order valence-corrected chi connectivity index (χ1v) is 14.9. The van der Waals surface area contributed by atoms with Crippen LogP contribution in [0, 0.1) is 5.92 Å². The molecule has 4 rings (SSSR count). The Kier molecular flexibility index (Phi) is 10.1. The lowest BCUT2D eigenvalue weighted by Gasteiger charge is -2.30. The molecule has 0 bridgehead atoms. The number of sulfonamides is 1. The number of rotatable bonds is 14. The number of fused-ring (bicyclic) bond motifs is 1. The summed E-state index contributed by atoms with van der Waals surface area (Å²) >= 11 is 0. The molecule has 1 heterocycles. The first kappa shape index (κ1) is 30.2. The van der Waals surface area contributed by atoms with Gasteiger partial charge in [0.25, 0.3) is 0 Å². The summed E-state index contributed by atoms with van der Waals surface area (Å²) in [4.78, 5) is 11.6. The van der Waals surface area contributed by atoms with E-state index in [-0.39, 0.29) is 37.1 Å². The quantitative estimate of drug-likeness (QED) is 0.260. The molecule has 1 amide bonds. The highest BCUT2D eigenvalue weighted by molar-refractivity contribution is 7.89. The Morgan fingerprint density at radius 2 is 1.68 bits per heavy atom. The van der Waals surface area contributed by atoms with Gasteiger partial charge in [-0.1, -0.05) is 56.3 Å². The van der Waals surface area contributed by atoms with Crippen LogP contribution in [0.2, 0.25) is 0 Å². The number of hydrogen-bond acceptors (Lipinski definition) is 7. The molecule has 0 saturated carbocycles. The molecule has 11 heteroatoms. The molecule has 0 aliphatic carbocycles. The minimum atomic E-state index is -4.04. The van der Waals surface area contributed by atoms with Crippen LogP contribution in [0.25, 0.3) is 0 Å². The number of aliphatic hydroxyl groups is 1. The number of carboxylic acid groups (broad SMARTS) is 1. The highest BCUT2D eigenvalue weighted by Gasteiger charge is 2.32. The van der Waals surface area contributed by atoms with Gasteiger partial charge < -0.3 is 29.7 Å². The van der Waals surface area contributed by atoms with Crippen molar-refractivity contribution >= 4 is 16.1 Å². The van der Waals surface area contributed by atoms with Crippen LogP contribution < -0.4 is 19.5 Å². The lowest BCUT2D eigenvalue weighted by Crippen LogP contribution is -2.50. The molecule has 0 unspecified atom stereocenters. The van der Waals surface area contributed by atoms with Crippen LogP contribution in [0.1, 0.15) is 25.0 Å². The Hall–Kier alpha value is -3.80. The fraction of sp³-hybridized carbons (Fsp3) is 0.367. The van der Waals surface area contributed by atoms with Crippen molar-refractivity contribution in [3.05, 3.63) is 83.9 Å². The molecule has 3 aromatic rings. The number of benzene rings is 3. The third kappa shape index (κ3) is 8.35. The molecule has 0 radical (unpaired) electrons. The van der Waals surface area contributed by atoms with Crippen LogP contribution in [-0.2, 0) is 22.9 Å². The van der Waals surface area contributed by atoms with Gasteiger partial charge in [0.15, 0.2) is 11.5 Å². The third-order valence-corrected chi connectivity index (χ3v) is 8.42. The van der Waals surface area contributed by atoms with Gasteiger partial charge in [0, 0.05) is 25.6 Å². The molecule has 0 aromatic heterocycles. The standard InChI is InChI=1S/C30H36N2O8S/c1-21(2)18-32(41(36,37)25-12-13-28-29(17-25)40-20-39-28)19-27(33)26(31-30(34)35)16-23-8-10-24(11-9-23)38-15-14-22-6-4-3-5-7-22/h3-13,17,21,26-27,31,33H,14-16,18-20H2,1-2H3,(H,34,35)/t26-,27+/m0/s1. The summed E-state index contributed by atoms with van der Waals surface area (Å²) in [6.45, 7) is 4.07. The van der Waals surface area contributed by atoms with Crippen LogP contribution >= 0.6 is 0 Å². The SMILES string of the molecule is CC(C)CN(C[C@@H](O)[C@H](Cc1ccc(OCCc2ccccc2)cc1)NC(=O)O)S(=O)(=O)c1ccc2c(c1)OCO2. The molecule has 220 valence electrons. The van der Waals surface area contributed by atoms with Crippen molar-refractivity contribution in [1.29, 1.82) is 0 Å². The summed E-state index contributed by atoms with van der Waals surface area (Å²) in [6.07, 6.45) is -1.72. The monoisotopic (exact) mass is 584 g/mol. The zero-order valence-electron chi connectivity index (χ0n) is 23.1. The van der Waals surface area contributed by atoms with Crippen molar-refractivity contribution in [2.45, 2.75) is 43.7 Å². The van der Waals surface area contributed by atoms with Crippen molar-refractivity contribution in [3.8, 4) is 17.2 Å². The number of nitrogens with one attached hydrogen (secondary N) is 1. The van der Waals surface area contributed by atoms with Gasteiger partial charge in [0.05, 0.1) is 23.6 Å². The summed E-state index contributed by atoms with van der Waals surface area (Å²) in [6, 6.07) is 20.6. The van der Waals surface area contributed by atoms with E-state index in [1.807, 2.05) is 44.2 Å². The zero-order valence-corrected chi connectivity index (χ0v) is 23.9. The number of amides is 1. The predicted molar refractivity (Wildman–Crippen MR) is 153 cm³/mol. The summed E-state index contributed by atoms with van der Waals surface area (Å²) in [5.74, 6) is 1.41. The second kappa shape index (κ2) is 13.7. The molecule has 10 nitrogen and oxygen atoms in total. The Morgan fingerprint density at radius 3 is 2.37 bits per heavy atom. The van der Waals surface area contributed by atoms with E-state index in [4.69, 9.17) is 14.2 Å². The summed E-state index contributed by atoms with van der Waals surface area (Å²) < 4.78 is 44.8. The minimum Gasteiger partial charge on any atom is -0.493 e. The number of ether oxygens (including phenoxy) is 3. The van der Waals surface area contributed by atoms with E-state index in [9.17, 15) is 23.4 Å². The second-order valence-electron chi connectivity index (χ2n) is 10.3. The van der Waals surface area contributed by atoms with E-state index in [1.54, 1.807) is 24.3 Å². The van der Waals surface area contributed by atoms with E-state index < -0.39 is 28.3 Å². The fourth-order valence-corrected chi connectivity index (χ4v) is 6.19.